The van der Waals surface area contributed by atoms with E-state index in [9.17, 15) is 0 Å². The molecule has 3 aromatic rings. The van der Waals surface area contributed by atoms with Crippen molar-refractivity contribution >= 4 is 51.6 Å². The van der Waals surface area contributed by atoms with Crippen LogP contribution in [-0.2, 0) is 0 Å². The summed E-state index contributed by atoms with van der Waals surface area (Å²) >= 11 is 15.4. The maximum Gasteiger partial charge on any atom is 0.132 e. The van der Waals surface area contributed by atoms with Crippen LogP contribution in [-0.4, -0.2) is 4.98 Å². The Hall–Kier alpha value is -1.07. The molecule has 108 valence electrons. The summed E-state index contributed by atoms with van der Waals surface area (Å²) in [5, 5.41) is 6.13. The van der Waals surface area contributed by atoms with Crippen molar-refractivity contribution in [1.29, 1.82) is 0 Å². The van der Waals surface area contributed by atoms with Crippen molar-refractivity contribution in [2.24, 2.45) is 0 Å². The molecule has 1 unspecified atom stereocenters. The molecule has 0 saturated carbocycles. The van der Waals surface area contributed by atoms with E-state index in [0.29, 0.717) is 5.15 Å². The fraction of sp³-hybridized carbons (Fsp3) is 0.133. The first-order valence-electron chi connectivity index (χ1n) is 6.31. The van der Waals surface area contributed by atoms with Crippen molar-refractivity contribution in [2.75, 3.05) is 5.32 Å². The van der Waals surface area contributed by atoms with Gasteiger partial charge in [-0.1, -0.05) is 29.3 Å². The van der Waals surface area contributed by atoms with Crippen molar-refractivity contribution < 1.29 is 0 Å². The van der Waals surface area contributed by atoms with Crippen LogP contribution in [0.2, 0.25) is 9.49 Å². The van der Waals surface area contributed by atoms with Crippen molar-refractivity contribution in [1.82, 2.24) is 4.98 Å². The van der Waals surface area contributed by atoms with Crippen molar-refractivity contribution in [3.05, 3.63) is 66.7 Å². The van der Waals surface area contributed by atoms with E-state index < -0.39 is 0 Å². The second-order valence-corrected chi connectivity index (χ2v) is 7.65. The molecule has 0 aliphatic heterocycles. The van der Waals surface area contributed by atoms with E-state index >= 15 is 0 Å². The smallest absolute Gasteiger partial charge is 0.132 e. The topological polar surface area (TPSA) is 24.9 Å². The SMILES string of the molecule is Cc1cc(NC(c2cccs2)c2ccc(Cl)s2)cnc1Cl. The Balaban J connectivity index is 1.94. The van der Waals surface area contributed by atoms with Crippen LogP contribution in [0.4, 0.5) is 5.69 Å². The molecule has 0 spiro atoms. The number of pyridine rings is 1. The van der Waals surface area contributed by atoms with E-state index in [0.717, 1.165) is 15.6 Å². The molecule has 0 bridgehead atoms. The summed E-state index contributed by atoms with van der Waals surface area (Å²) in [5.74, 6) is 0. The number of anilines is 1. The average molecular weight is 355 g/mol. The van der Waals surface area contributed by atoms with Gasteiger partial charge in [-0.25, -0.2) is 4.98 Å². The van der Waals surface area contributed by atoms with Crippen LogP contribution in [0.5, 0.6) is 0 Å². The van der Waals surface area contributed by atoms with Crippen molar-refractivity contribution in [2.45, 2.75) is 13.0 Å². The van der Waals surface area contributed by atoms with Gasteiger partial charge in [-0.05, 0) is 42.1 Å². The molecular weight excluding hydrogens is 343 g/mol. The molecule has 0 aromatic carbocycles. The molecule has 1 atom stereocenters. The Morgan fingerprint density at radius 2 is 2.05 bits per heavy atom. The molecule has 0 amide bonds. The standard InChI is InChI=1S/C15H12Cl2N2S2/c1-9-7-10(8-18-15(9)17)19-14(11-3-2-6-20-11)12-4-5-13(16)21-12/h2-8,14,19H,1H3. The van der Waals surface area contributed by atoms with Gasteiger partial charge >= 0.3 is 0 Å². The van der Waals surface area contributed by atoms with E-state index in [1.54, 1.807) is 28.9 Å². The summed E-state index contributed by atoms with van der Waals surface area (Å²) in [6.45, 7) is 1.95. The first kappa shape index (κ1) is 14.9. The monoisotopic (exact) mass is 354 g/mol. The number of rotatable bonds is 4. The van der Waals surface area contributed by atoms with Gasteiger partial charge in [0.1, 0.15) is 5.15 Å². The van der Waals surface area contributed by atoms with E-state index in [4.69, 9.17) is 23.2 Å². The number of nitrogens with zero attached hydrogens (tertiary/aromatic N) is 1. The number of thiophene rings is 2. The average Bonchev–Trinajstić information content (AvgIpc) is 3.11. The minimum atomic E-state index is 0.0740. The largest absolute Gasteiger partial charge is 0.371 e. The molecule has 3 rings (SSSR count). The number of hydrogen-bond acceptors (Lipinski definition) is 4. The third-order valence-corrected chi connectivity index (χ3v) is 5.66. The van der Waals surface area contributed by atoms with Gasteiger partial charge < -0.3 is 5.32 Å². The molecule has 0 fully saturated rings. The fourth-order valence-corrected chi connectivity index (χ4v) is 4.13. The van der Waals surface area contributed by atoms with Gasteiger partial charge in [0.15, 0.2) is 0 Å². The van der Waals surface area contributed by atoms with Crippen molar-refractivity contribution in [3.8, 4) is 0 Å². The van der Waals surface area contributed by atoms with E-state index in [1.165, 1.54) is 9.75 Å². The van der Waals surface area contributed by atoms with Crippen LogP contribution >= 0.6 is 45.9 Å². The maximum absolute atomic E-state index is 6.08. The Kier molecular flexibility index (Phi) is 4.50. The summed E-state index contributed by atoms with van der Waals surface area (Å²) in [4.78, 5) is 6.61. The third-order valence-electron chi connectivity index (χ3n) is 3.03. The van der Waals surface area contributed by atoms with Gasteiger partial charge in [-0.15, -0.1) is 22.7 Å². The van der Waals surface area contributed by atoms with E-state index in [-0.39, 0.29) is 6.04 Å². The minimum Gasteiger partial charge on any atom is -0.371 e. The Labute approximate surface area is 141 Å². The minimum absolute atomic E-state index is 0.0740. The molecule has 6 heteroatoms. The third kappa shape index (κ3) is 3.40. The van der Waals surface area contributed by atoms with Crippen LogP contribution in [0.25, 0.3) is 0 Å². The van der Waals surface area contributed by atoms with Gasteiger partial charge in [-0.2, -0.15) is 0 Å². The van der Waals surface area contributed by atoms with Gasteiger partial charge in [-0.3, -0.25) is 0 Å². The molecule has 0 saturated heterocycles. The molecule has 0 aliphatic rings. The van der Waals surface area contributed by atoms with E-state index in [2.05, 4.69) is 33.9 Å². The summed E-state index contributed by atoms with van der Waals surface area (Å²) in [6, 6.07) is 10.2. The second-order valence-electron chi connectivity index (χ2n) is 4.57. The number of aromatic nitrogens is 1. The first-order chi connectivity index (χ1) is 10.1. The molecule has 21 heavy (non-hydrogen) atoms. The summed E-state index contributed by atoms with van der Waals surface area (Å²) in [6.07, 6.45) is 1.76. The Morgan fingerprint density at radius 3 is 2.67 bits per heavy atom. The highest BCUT2D eigenvalue weighted by Gasteiger charge is 2.17. The zero-order valence-electron chi connectivity index (χ0n) is 11.1. The zero-order valence-corrected chi connectivity index (χ0v) is 14.3. The summed E-state index contributed by atoms with van der Waals surface area (Å²) in [5.41, 5.74) is 1.90. The number of halogens is 2. The van der Waals surface area contributed by atoms with Crippen LogP contribution < -0.4 is 5.32 Å². The lowest BCUT2D eigenvalue weighted by molar-refractivity contribution is 0.987. The Morgan fingerprint density at radius 1 is 1.19 bits per heavy atom. The highest BCUT2D eigenvalue weighted by Crippen LogP contribution is 2.35. The van der Waals surface area contributed by atoms with Crippen LogP contribution in [0.3, 0.4) is 0 Å². The predicted molar refractivity (Wildman–Crippen MR) is 93.1 cm³/mol. The van der Waals surface area contributed by atoms with E-state index in [1.807, 2.05) is 19.1 Å². The number of hydrogen-bond donors (Lipinski definition) is 1. The van der Waals surface area contributed by atoms with Crippen LogP contribution in [0.15, 0.2) is 41.9 Å². The first-order valence-corrected chi connectivity index (χ1v) is 8.76. The molecule has 2 nitrogen and oxygen atoms in total. The quantitative estimate of drug-likeness (QED) is 0.579. The lowest BCUT2D eigenvalue weighted by Crippen LogP contribution is -2.10. The lowest BCUT2D eigenvalue weighted by Gasteiger charge is -2.17. The molecule has 0 aliphatic carbocycles. The summed E-state index contributed by atoms with van der Waals surface area (Å²) < 4.78 is 0.791. The normalized spacial score (nSPS) is 12.3. The predicted octanol–water partition coefficient (Wildman–Crippen LogP) is 6.02. The number of aryl methyl sites for hydroxylation is 1. The highest BCUT2D eigenvalue weighted by molar-refractivity contribution is 7.16. The number of nitrogens with one attached hydrogen (secondary N) is 1. The van der Waals surface area contributed by atoms with Gasteiger partial charge in [0.2, 0.25) is 0 Å². The lowest BCUT2D eigenvalue weighted by atomic mass is 10.2. The second kappa shape index (κ2) is 6.36. The Bertz CT molecular complexity index is 738. The van der Waals surface area contributed by atoms with Crippen LogP contribution in [0.1, 0.15) is 21.4 Å². The molecule has 3 heterocycles. The van der Waals surface area contributed by atoms with Crippen LogP contribution in [0, 0.1) is 6.92 Å². The molecule has 0 radical (unpaired) electrons. The molecule has 3 aromatic heterocycles. The zero-order chi connectivity index (χ0) is 14.8. The maximum atomic E-state index is 6.08. The highest BCUT2D eigenvalue weighted by atomic mass is 35.5. The molecule has 1 N–H and O–H groups in total. The van der Waals surface area contributed by atoms with Gasteiger partial charge in [0.25, 0.3) is 0 Å². The van der Waals surface area contributed by atoms with Gasteiger partial charge in [0, 0.05) is 9.75 Å². The fourth-order valence-electron chi connectivity index (χ4n) is 2.03. The van der Waals surface area contributed by atoms with Gasteiger partial charge in [0.05, 0.1) is 22.3 Å². The van der Waals surface area contributed by atoms with Crippen molar-refractivity contribution in [3.63, 3.8) is 0 Å². The molecular formula is C15H12Cl2N2S2. The summed E-state index contributed by atoms with van der Waals surface area (Å²) in [7, 11) is 0.